The number of hydrogen-bond acceptors (Lipinski definition) is 2. The van der Waals surface area contributed by atoms with Gasteiger partial charge in [0.2, 0.25) is 0 Å². The van der Waals surface area contributed by atoms with E-state index in [1.54, 1.807) is 0 Å². The van der Waals surface area contributed by atoms with Gasteiger partial charge in [0.1, 0.15) is 0 Å². The van der Waals surface area contributed by atoms with Crippen LogP contribution in [-0.4, -0.2) is 22.2 Å². The predicted molar refractivity (Wildman–Crippen MR) is 109 cm³/mol. The molecule has 0 aromatic heterocycles. The van der Waals surface area contributed by atoms with E-state index in [9.17, 15) is 9.59 Å². The third kappa shape index (κ3) is 22.5. The van der Waals surface area contributed by atoms with Crippen LogP contribution in [0.1, 0.15) is 118 Å². The molecule has 5 heteroatoms. The van der Waals surface area contributed by atoms with Gasteiger partial charge in [0.25, 0.3) is 0 Å². The maximum atomic E-state index is 10.9. The average molecular weight is 409 g/mol. The molecule has 0 atom stereocenters. The second-order valence-corrected chi connectivity index (χ2v) is 7.37. The number of aliphatic carboxylic acids is 2. The number of unbranched alkanes of at least 4 members (excludes halogenated alkanes) is 15. The summed E-state index contributed by atoms with van der Waals surface area (Å²) in [6.45, 7) is 2.26. The van der Waals surface area contributed by atoms with Crippen molar-refractivity contribution in [2.24, 2.45) is 0 Å². The minimum absolute atomic E-state index is 0. The van der Waals surface area contributed by atoms with Gasteiger partial charge in [0.15, 0.2) is 0 Å². The molecule has 0 aromatic rings. The summed E-state index contributed by atoms with van der Waals surface area (Å²) in [5, 5.41) is 17.5. The summed E-state index contributed by atoms with van der Waals surface area (Å²) in [4.78, 5) is 21.4. The van der Waals surface area contributed by atoms with E-state index in [0.29, 0.717) is 6.42 Å². The molecule has 154 valence electrons. The minimum atomic E-state index is -1.18. The van der Waals surface area contributed by atoms with E-state index in [0.717, 1.165) is 25.3 Å². The van der Waals surface area contributed by atoms with Gasteiger partial charge in [-0.1, -0.05) is 103 Å². The van der Waals surface area contributed by atoms with Gasteiger partial charge in [-0.3, -0.25) is 0 Å². The molecule has 0 aliphatic carbocycles. The van der Waals surface area contributed by atoms with Crippen molar-refractivity contribution in [2.75, 3.05) is 0 Å². The first-order valence-electron chi connectivity index (χ1n) is 10.7. The van der Waals surface area contributed by atoms with Crippen LogP contribution in [0.5, 0.6) is 0 Å². The number of rotatable bonds is 19. The van der Waals surface area contributed by atoms with E-state index in [1.165, 1.54) is 83.5 Å². The molecular formula is C22H41KO4. The first-order chi connectivity index (χ1) is 12.6. The summed E-state index contributed by atoms with van der Waals surface area (Å²) in [6.07, 6.45) is 21.6. The summed E-state index contributed by atoms with van der Waals surface area (Å²) < 4.78 is 0. The molecule has 0 fully saturated rings. The number of hydrogen-bond donors (Lipinski definition) is 2. The average Bonchev–Trinajstić information content (AvgIpc) is 2.59. The van der Waals surface area contributed by atoms with E-state index in [1.807, 2.05) is 0 Å². The SMILES string of the molecule is CCCCCCCCCCCCCCCCCC/C(=C\C(=O)O)C(=O)O.[H-].[K+]. The fourth-order valence-electron chi connectivity index (χ4n) is 3.25. The Kier molecular flexibility index (Phi) is 24.7. The van der Waals surface area contributed by atoms with E-state index >= 15 is 0 Å². The zero-order valence-electron chi connectivity index (χ0n) is 18.8. The molecule has 0 radical (unpaired) electrons. The van der Waals surface area contributed by atoms with Crippen LogP contribution in [0.2, 0.25) is 0 Å². The Morgan fingerprint density at radius 2 is 1.00 bits per heavy atom. The van der Waals surface area contributed by atoms with Crippen LogP contribution in [0.25, 0.3) is 0 Å². The topological polar surface area (TPSA) is 74.6 Å². The Balaban J connectivity index is -0.00000312. The van der Waals surface area contributed by atoms with Crippen LogP contribution in [0.4, 0.5) is 0 Å². The molecule has 0 rings (SSSR count). The zero-order valence-corrected chi connectivity index (χ0v) is 20.9. The monoisotopic (exact) mass is 408 g/mol. The van der Waals surface area contributed by atoms with E-state index in [-0.39, 0.29) is 58.4 Å². The molecule has 0 saturated heterocycles. The largest absolute Gasteiger partial charge is 1.00 e. The predicted octanol–water partition coefficient (Wildman–Crippen LogP) is 3.85. The van der Waals surface area contributed by atoms with Crippen LogP contribution in [0.15, 0.2) is 11.6 Å². The Bertz CT molecular complexity index is 400. The van der Waals surface area contributed by atoms with Crippen LogP contribution >= 0.6 is 0 Å². The van der Waals surface area contributed by atoms with E-state index in [2.05, 4.69) is 6.92 Å². The molecule has 0 saturated carbocycles. The minimum Gasteiger partial charge on any atom is -1.00 e. The molecule has 0 spiro atoms. The van der Waals surface area contributed by atoms with Crippen molar-refractivity contribution < 1.29 is 72.6 Å². The molecule has 0 bridgehead atoms. The number of carboxylic acid groups (broad SMARTS) is 2. The van der Waals surface area contributed by atoms with Crippen LogP contribution in [0.3, 0.4) is 0 Å². The van der Waals surface area contributed by atoms with Gasteiger partial charge < -0.3 is 11.6 Å². The second-order valence-electron chi connectivity index (χ2n) is 7.37. The zero-order chi connectivity index (χ0) is 19.5. The van der Waals surface area contributed by atoms with Gasteiger partial charge in [-0.2, -0.15) is 0 Å². The Morgan fingerprint density at radius 3 is 1.30 bits per heavy atom. The van der Waals surface area contributed by atoms with E-state index < -0.39 is 11.9 Å². The molecule has 4 nitrogen and oxygen atoms in total. The normalized spacial score (nSPS) is 11.2. The quantitative estimate of drug-likeness (QED) is 0.193. The van der Waals surface area contributed by atoms with Crippen molar-refractivity contribution in [3.8, 4) is 0 Å². The Hall–Kier alpha value is 0.316. The molecule has 0 heterocycles. The van der Waals surface area contributed by atoms with E-state index in [4.69, 9.17) is 10.2 Å². The summed E-state index contributed by atoms with van der Waals surface area (Å²) in [5.74, 6) is -2.30. The first kappa shape index (κ1) is 29.5. The van der Waals surface area contributed by atoms with Gasteiger partial charge in [-0.15, -0.1) is 0 Å². The summed E-state index contributed by atoms with van der Waals surface area (Å²) >= 11 is 0. The first-order valence-corrected chi connectivity index (χ1v) is 10.7. The van der Waals surface area contributed by atoms with Gasteiger partial charge in [0.05, 0.1) is 0 Å². The van der Waals surface area contributed by atoms with Crippen molar-refractivity contribution >= 4 is 11.9 Å². The number of carbonyl (C=O) groups is 2. The third-order valence-corrected chi connectivity index (χ3v) is 4.87. The van der Waals surface area contributed by atoms with Crippen molar-refractivity contribution in [3.05, 3.63) is 11.6 Å². The van der Waals surface area contributed by atoms with Crippen LogP contribution < -0.4 is 51.4 Å². The van der Waals surface area contributed by atoms with Gasteiger partial charge >= 0.3 is 63.3 Å². The van der Waals surface area contributed by atoms with Gasteiger partial charge in [0, 0.05) is 11.6 Å². The molecule has 0 aliphatic rings. The molecule has 27 heavy (non-hydrogen) atoms. The maximum Gasteiger partial charge on any atom is 1.00 e. The van der Waals surface area contributed by atoms with Crippen molar-refractivity contribution in [3.63, 3.8) is 0 Å². The third-order valence-electron chi connectivity index (χ3n) is 4.87. The molecule has 0 aromatic carbocycles. The fourth-order valence-corrected chi connectivity index (χ4v) is 3.25. The number of carboxylic acids is 2. The standard InChI is InChI=1S/C22H40O4.K.H/c1-2-3-4-5-6-7-8-9-10-11-12-13-14-15-16-17-18-20(22(25)26)19-21(23)24;;/h19H,2-18H2,1H3,(H,23,24)(H,25,26);;/q;+1;-1/b20-19+;;. The van der Waals surface area contributed by atoms with Crippen molar-refractivity contribution in [1.82, 2.24) is 0 Å². The molecule has 2 N–H and O–H groups in total. The molecule has 0 aliphatic heterocycles. The smallest absolute Gasteiger partial charge is 1.00 e. The Morgan fingerprint density at radius 1 is 0.667 bits per heavy atom. The molecule has 0 amide bonds. The van der Waals surface area contributed by atoms with Crippen molar-refractivity contribution in [1.29, 1.82) is 0 Å². The van der Waals surface area contributed by atoms with Gasteiger partial charge in [-0.25, -0.2) is 9.59 Å². The van der Waals surface area contributed by atoms with Crippen LogP contribution in [-0.2, 0) is 9.59 Å². The summed E-state index contributed by atoms with van der Waals surface area (Å²) in [5.41, 5.74) is 0.00265. The Labute approximate surface area is 210 Å². The second kappa shape index (κ2) is 22.6. The molecule has 0 unspecified atom stereocenters. The summed E-state index contributed by atoms with van der Waals surface area (Å²) in [7, 11) is 0. The summed E-state index contributed by atoms with van der Waals surface area (Å²) in [6, 6.07) is 0. The van der Waals surface area contributed by atoms with Crippen molar-refractivity contribution in [2.45, 2.75) is 116 Å². The fraction of sp³-hybridized carbons (Fsp3) is 0.818. The maximum absolute atomic E-state index is 10.9. The van der Waals surface area contributed by atoms with Gasteiger partial charge in [-0.05, 0) is 12.8 Å². The molecular weight excluding hydrogens is 367 g/mol. The van der Waals surface area contributed by atoms with Crippen LogP contribution in [0, 0.1) is 0 Å².